The predicted octanol–water partition coefficient (Wildman–Crippen LogP) is 3.84. The normalized spacial score (nSPS) is 48.8. The lowest BCUT2D eigenvalue weighted by Crippen LogP contribution is -2.69. The van der Waals surface area contributed by atoms with Crippen LogP contribution in [-0.4, -0.2) is 56.7 Å². The molecule has 4 rings (SSSR count). The second-order valence-electron chi connectivity index (χ2n) is 14.0. The number of hydrogen-bond acceptors (Lipinski definition) is 5. The second-order valence-corrected chi connectivity index (χ2v) is 14.0. The van der Waals surface area contributed by atoms with Crippen LogP contribution in [0.4, 0.5) is 0 Å². The lowest BCUT2D eigenvalue weighted by molar-refractivity contribution is -0.263. The van der Waals surface area contributed by atoms with E-state index < -0.39 is 17.7 Å². The van der Waals surface area contributed by atoms with Crippen LogP contribution in [0.3, 0.4) is 0 Å². The summed E-state index contributed by atoms with van der Waals surface area (Å²) in [5.74, 6) is -0.238. The molecule has 0 aromatic rings. The monoisotopic (exact) mass is 521 g/mol. The number of nitrogens with one attached hydrogen (secondary N) is 1. The molecule has 0 aliphatic heterocycles. The van der Waals surface area contributed by atoms with Crippen molar-refractivity contribution in [3.05, 3.63) is 0 Å². The zero-order chi connectivity index (χ0) is 27.5. The molecule has 0 radical (unpaired) electrons. The number of fused-ring (bicyclic) bond motifs is 5. The molecule has 4 aliphatic rings. The number of aliphatic carboxylic acids is 1. The number of aliphatic hydroxyl groups is 3. The fourth-order valence-corrected chi connectivity index (χ4v) is 10.6. The fraction of sp³-hybridized carbons (Fsp3) is 0.933. The Hall–Kier alpha value is -1.18. The van der Waals surface area contributed by atoms with Crippen molar-refractivity contribution >= 4 is 11.9 Å². The average Bonchev–Trinajstić information content (AvgIpc) is 3.17. The average molecular weight is 522 g/mol. The lowest BCUT2D eigenvalue weighted by Gasteiger charge is -2.68. The van der Waals surface area contributed by atoms with Crippen molar-refractivity contribution in [2.24, 2.45) is 58.2 Å². The minimum atomic E-state index is -1.05. The predicted molar refractivity (Wildman–Crippen MR) is 141 cm³/mol. The Kier molecular flexibility index (Phi) is 7.86. The molecule has 212 valence electrons. The Balaban J connectivity index is 1.61. The van der Waals surface area contributed by atoms with Gasteiger partial charge in [0.05, 0.1) is 17.8 Å². The molecule has 37 heavy (non-hydrogen) atoms. The van der Waals surface area contributed by atoms with E-state index in [2.05, 4.69) is 33.0 Å². The third-order valence-corrected chi connectivity index (χ3v) is 12.3. The Morgan fingerprint density at radius 2 is 1.68 bits per heavy atom. The molecular weight excluding hydrogens is 470 g/mol. The smallest absolute Gasteiger partial charge is 0.322 e. The molecule has 5 N–H and O–H groups in total. The Morgan fingerprint density at radius 1 is 1.00 bits per heavy atom. The number of carbonyl (C=O) groups is 2. The Morgan fingerprint density at radius 3 is 2.30 bits per heavy atom. The third kappa shape index (κ3) is 4.55. The molecule has 1 amide bonds. The van der Waals surface area contributed by atoms with Gasteiger partial charge in [-0.1, -0.05) is 41.0 Å². The molecule has 13 atom stereocenters. The number of amides is 1. The van der Waals surface area contributed by atoms with E-state index in [0.717, 1.165) is 38.5 Å². The van der Waals surface area contributed by atoms with E-state index in [1.165, 1.54) is 0 Å². The first-order chi connectivity index (χ1) is 17.2. The van der Waals surface area contributed by atoms with Crippen molar-refractivity contribution in [3.63, 3.8) is 0 Å². The van der Waals surface area contributed by atoms with Gasteiger partial charge in [-0.25, -0.2) is 0 Å². The van der Waals surface area contributed by atoms with Crippen LogP contribution >= 0.6 is 0 Å². The summed E-state index contributed by atoms with van der Waals surface area (Å²) in [6.45, 7) is 12.5. The fourth-order valence-electron chi connectivity index (χ4n) is 10.6. The van der Waals surface area contributed by atoms with Gasteiger partial charge in [-0.05, 0) is 104 Å². The molecule has 7 heteroatoms. The molecule has 0 heterocycles. The van der Waals surface area contributed by atoms with Crippen LogP contribution < -0.4 is 5.32 Å². The van der Waals surface area contributed by atoms with Crippen LogP contribution in [0.25, 0.3) is 0 Å². The quantitative estimate of drug-likeness (QED) is 0.346. The highest BCUT2D eigenvalue weighted by Gasteiger charge is 2.70. The lowest BCUT2D eigenvalue weighted by atomic mass is 9.38. The molecular formula is C30H51NO6. The standard InChI is InChI=1S/C30H51NO6/c1-7-19-22-13-18(32)10-11-28(22,4)23-14-24(33)29(5)20(8-9-21(29)26(23)30(19,6)37)16(2)12-17(3)27(36)31-15-25(34)35/h16-24,26,32-33,37H,7-15H2,1-6H3,(H,31,36)(H,34,35)/t16-,17+,18+,19+,20+,21?,22-,23?,24-,26?,28-,29+,30-/m0/s1. The van der Waals surface area contributed by atoms with Gasteiger partial charge < -0.3 is 25.7 Å². The van der Waals surface area contributed by atoms with Crippen molar-refractivity contribution in [2.75, 3.05) is 6.54 Å². The van der Waals surface area contributed by atoms with Crippen LogP contribution in [0.2, 0.25) is 0 Å². The zero-order valence-electron chi connectivity index (χ0n) is 23.7. The highest BCUT2D eigenvalue weighted by atomic mass is 16.4. The first-order valence-electron chi connectivity index (χ1n) is 14.8. The van der Waals surface area contributed by atoms with E-state index >= 15 is 0 Å². The molecule has 0 saturated heterocycles. The second kappa shape index (κ2) is 10.1. The molecule has 0 aromatic heterocycles. The summed E-state index contributed by atoms with van der Waals surface area (Å²) in [7, 11) is 0. The molecule has 3 unspecified atom stereocenters. The first kappa shape index (κ1) is 28.8. The van der Waals surface area contributed by atoms with Crippen molar-refractivity contribution in [3.8, 4) is 0 Å². The summed E-state index contributed by atoms with van der Waals surface area (Å²) in [6.07, 6.45) is 5.88. The van der Waals surface area contributed by atoms with Gasteiger partial charge in [0, 0.05) is 5.92 Å². The minimum absolute atomic E-state index is 0.00949. The van der Waals surface area contributed by atoms with E-state index in [4.69, 9.17) is 5.11 Å². The van der Waals surface area contributed by atoms with Crippen LogP contribution in [0.5, 0.6) is 0 Å². The highest BCUT2D eigenvalue weighted by molar-refractivity contribution is 5.82. The molecule has 0 spiro atoms. The number of carbonyl (C=O) groups excluding carboxylic acids is 1. The van der Waals surface area contributed by atoms with Gasteiger partial charge in [0.2, 0.25) is 5.91 Å². The summed E-state index contributed by atoms with van der Waals surface area (Å²) >= 11 is 0. The molecule has 7 nitrogen and oxygen atoms in total. The summed E-state index contributed by atoms with van der Waals surface area (Å²) in [5, 5.41) is 46.1. The SMILES string of the molecule is CC[C@@H]1[C@@H]2C[C@H](O)CC[C@]2(C)C2C[C@H](O)[C@@]3(C)C(CC[C@@H]3[C@@H](C)C[C@@H](C)C(=O)NCC(=O)O)C2[C@@]1(C)O. The van der Waals surface area contributed by atoms with Gasteiger partial charge in [-0.2, -0.15) is 0 Å². The molecule has 0 bridgehead atoms. The minimum Gasteiger partial charge on any atom is -0.480 e. The Bertz CT molecular complexity index is 876. The number of carboxylic acids is 1. The molecule has 4 aliphatic carbocycles. The van der Waals surface area contributed by atoms with Crippen molar-refractivity contribution in [1.82, 2.24) is 5.32 Å². The summed E-state index contributed by atoms with van der Waals surface area (Å²) in [4.78, 5) is 23.3. The van der Waals surface area contributed by atoms with E-state index in [1.807, 2.05) is 13.8 Å². The van der Waals surface area contributed by atoms with E-state index in [1.54, 1.807) is 0 Å². The largest absolute Gasteiger partial charge is 0.480 e. The van der Waals surface area contributed by atoms with Gasteiger partial charge in [0.15, 0.2) is 0 Å². The Labute approximate surface area is 222 Å². The number of aliphatic hydroxyl groups excluding tert-OH is 2. The van der Waals surface area contributed by atoms with E-state index in [-0.39, 0.29) is 76.7 Å². The number of hydrogen-bond donors (Lipinski definition) is 5. The van der Waals surface area contributed by atoms with Crippen LogP contribution in [-0.2, 0) is 9.59 Å². The van der Waals surface area contributed by atoms with Gasteiger partial charge in [0.1, 0.15) is 6.54 Å². The first-order valence-corrected chi connectivity index (χ1v) is 14.8. The number of carboxylic acid groups (broad SMARTS) is 1. The van der Waals surface area contributed by atoms with Gasteiger partial charge >= 0.3 is 5.97 Å². The van der Waals surface area contributed by atoms with Crippen molar-refractivity contribution < 1.29 is 30.0 Å². The van der Waals surface area contributed by atoms with E-state index in [0.29, 0.717) is 12.8 Å². The molecule has 4 fully saturated rings. The zero-order valence-corrected chi connectivity index (χ0v) is 23.7. The van der Waals surface area contributed by atoms with Crippen molar-refractivity contribution in [1.29, 1.82) is 0 Å². The van der Waals surface area contributed by atoms with Crippen LogP contribution in [0.1, 0.15) is 92.9 Å². The van der Waals surface area contributed by atoms with Crippen LogP contribution in [0.15, 0.2) is 0 Å². The summed E-state index contributed by atoms with van der Waals surface area (Å²) in [6, 6.07) is 0. The maximum atomic E-state index is 12.5. The van der Waals surface area contributed by atoms with Gasteiger partial charge in [0.25, 0.3) is 0 Å². The molecule has 0 aromatic carbocycles. The third-order valence-electron chi connectivity index (χ3n) is 12.3. The van der Waals surface area contributed by atoms with E-state index in [9.17, 15) is 24.9 Å². The molecule has 4 saturated carbocycles. The topological polar surface area (TPSA) is 127 Å². The van der Waals surface area contributed by atoms with Gasteiger partial charge in [-0.15, -0.1) is 0 Å². The maximum absolute atomic E-state index is 12.5. The maximum Gasteiger partial charge on any atom is 0.322 e. The number of rotatable bonds is 7. The summed E-state index contributed by atoms with van der Waals surface area (Å²) < 4.78 is 0. The highest BCUT2D eigenvalue weighted by Crippen LogP contribution is 2.71. The summed E-state index contributed by atoms with van der Waals surface area (Å²) in [5.41, 5.74) is -1.18. The van der Waals surface area contributed by atoms with Crippen molar-refractivity contribution in [2.45, 2.75) is 111 Å². The van der Waals surface area contributed by atoms with Gasteiger partial charge in [-0.3, -0.25) is 9.59 Å². The van der Waals surface area contributed by atoms with Crippen LogP contribution in [0, 0.1) is 58.2 Å².